The molecule has 1 aromatic heterocycles. The molecular weight excluding hydrogens is 807 g/mol. The number of amides is 4. The number of methoxy groups -OCH3 is 1. The smallest absolute Gasteiger partial charge is 0.427 e. The maximum atomic E-state index is 14.9. The van der Waals surface area contributed by atoms with Crippen LogP contribution in [0, 0.1) is 17.8 Å². The number of sulfonamides is 1. The monoisotopic (exact) mass is 855 g/mol. The lowest BCUT2D eigenvalue weighted by Gasteiger charge is -2.35. The Morgan fingerprint density at radius 1 is 1.12 bits per heavy atom. The predicted octanol–water partition coefficient (Wildman–Crippen LogP) is 5.57. The van der Waals surface area contributed by atoms with E-state index < -0.39 is 86.4 Å². The summed E-state index contributed by atoms with van der Waals surface area (Å²) in [5.74, 6) is -3.11. The van der Waals surface area contributed by atoms with Crippen LogP contribution < -0.4 is 24.8 Å². The van der Waals surface area contributed by atoms with Gasteiger partial charge in [0.15, 0.2) is 0 Å². The number of alkyl carbamates (subject to hydrolysis) is 1. The fourth-order valence-corrected chi connectivity index (χ4v) is 9.28. The Kier molecular flexibility index (Phi) is 12.2. The molecule has 7 unspecified atom stereocenters. The third-order valence-corrected chi connectivity index (χ3v) is 13.6. The highest BCUT2D eigenvalue weighted by atomic mass is 35.5. The summed E-state index contributed by atoms with van der Waals surface area (Å²) < 4.78 is 85.9. The van der Waals surface area contributed by atoms with Gasteiger partial charge in [0.25, 0.3) is 5.91 Å². The fraction of sp³-hybridized carbons (Fsp3) is 0.615. The van der Waals surface area contributed by atoms with Crippen molar-refractivity contribution in [1.82, 2.24) is 25.2 Å². The van der Waals surface area contributed by atoms with Gasteiger partial charge in [-0.15, -0.1) is 0 Å². The Morgan fingerprint density at radius 2 is 1.84 bits per heavy atom. The van der Waals surface area contributed by atoms with Crippen LogP contribution in [-0.2, 0) is 29.1 Å². The largest absolute Gasteiger partial charge is 0.494 e. The molecule has 4 amide bonds. The van der Waals surface area contributed by atoms with E-state index in [0.29, 0.717) is 73.9 Å². The third-order valence-electron chi connectivity index (χ3n) is 11.6. The number of carbonyl (C=O) groups excluding carboxylic acids is 4. The molecule has 14 nitrogen and oxygen atoms in total. The van der Waals surface area contributed by atoms with Crippen LogP contribution in [0.4, 0.5) is 18.0 Å². The van der Waals surface area contributed by atoms with Gasteiger partial charge in [0.2, 0.25) is 33.3 Å². The molecule has 318 valence electrons. The first-order chi connectivity index (χ1) is 27.2. The molecule has 3 N–H and O–H groups in total. The SMILES string of the molecule is CCC1CC(C)CCC=CC2CC2(C(=O)NS(=O)(=O)C2CC2)NC(=O)C2CC(Oc3ncc(OC)c4ccc(Cl)cc34)CN2C(=O)C1NC(=O)OC(C)(C)C(F)(F)F. The minimum absolute atomic E-state index is 0.0399. The number of alkyl halides is 3. The summed E-state index contributed by atoms with van der Waals surface area (Å²) in [6.45, 7) is 4.88. The molecule has 1 aromatic carbocycles. The van der Waals surface area contributed by atoms with Crippen LogP contribution in [-0.4, -0.2) is 96.5 Å². The van der Waals surface area contributed by atoms with Crippen LogP contribution in [0.2, 0.25) is 5.02 Å². The molecule has 7 atom stereocenters. The summed E-state index contributed by atoms with van der Waals surface area (Å²) in [4.78, 5) is 62.0. The van der Waals surface area contributed by atoms with E-state index in [9.17, 15) is 40.8 Å². The van der Waals surface area contributed by atoms with E-state index in [4.69, 9.17) is 25.8 Å². The first-order valence-corrected chi connectivity index (χ1v) is 21.3. The van der Waals surface area contributed by atoms with Crippen LogP contribution in [0.1, 0.15) is 79.1 Å². The van der Waals surface area contributed by atoms with E-state index in [-0.39, 0.29) is 31.2 Å². The van der Waals surface area contributed by atoms with E-state index in [1.54, 1.807) is 31.2 Å². The highest BCUT2D eigenvalue weighted by Crippen LogP contribution is 2.46. The van der Waals surface area contributed by atoms with Crippen molar-refractivity contribution in [1.29, 1.82) is 0 Å². The predicted molar refractivity (Wildman–Crippen MR) is 206 cm³/mol. The molecule has 58 heavy (non-hydrogen) atoms. The van der Waals surface area contributed by atoms with Crippen molar-refractivity contribution in [2.45, 2.75) is 120 Å². The van der Waals surface area contributed by atoms with Gasteiger partial charge >= 0.3 is 12.3 Å². The van der Waals surface area contributed by atoms with Crippen LogP contribution in [0.3, 0.4) is 0 Å². The molecular formula is C39H49ClF3N5O9S. The second-order valence-corrected chi connectivity index (χ2v) is 18.7. The maximum Gasteiger partial charge on any atom is 0.427 e. The first kappa shape index (κ1) is 43.3. The van der Waals surface area contributed by atoms with Crippen LogP contribution in [0.15, 0.2) is 36.5 Å². The summed E-state index contributed by atoms with van der Waals surface area (Å²) in [5, 5.41) is 5.96. The summed E-state index contributed by atoms with van der Waals surface area (Å²) in [7, 11) is -2.52. The van der Waals surface area contributed by atoms with Crippen molar-refractivity contribution in [2.75, 3.05) is 13.7 Å². The topological polar surface area (TPSA) is 182 Å². The standard InChI is InChI=1S/C39H49ClF3N5O9S/c1-6-22-15-21(2)9-7-8-10-23-18-38(23,35(51)47-58(53,54)26-12-13-26)46-32(49)29-17-25(56-33-28-16-24(40)11-14-27(28)30(55-5)19-44-33)20-48(29)34(50)31(22)45-36(52)57-37(3,4)39(41,42)43/h8,10-11,14,16,19,21-23,25-26,29,31H,6-7,9,12-13,15,17-18,20H2,1-5H3,(H,45,52)(H,46,49)(H,47,51). The minimum atomic E-state index is -4.92. The van der Waals surface area contributed by atoms with E-state index >= 15 is 0 Å². The molecule has 4 aliphatic rings. The van der Waals surface area contributed by atoms with E-state index in [1.165, 1.54) is 18.2 Å². The van der Waals surface area contributed by atoms with E-state index in [2.05, 4.69) is 20.3 Å². The second-order valence-electron chi connectivity index (χ2n) is 16.3. The van der Waals surface area contributed by atoms with Gasteiger partial charge in [-0.3, -0.25) is 19.1 Å². The molecule has 2 aromatic rings. The Bertz CT molecular complexity index is 2080. The number of nitrogens with one attached hydrogen (secondary N) is 3. The minimum Gasteiger partial charge on any atom is -0.494 e. The summed E-state index contributed by atoms with van der Waals surface area (Å²) in [6.07, 6.45) is 0.418. The number of fused-ring (bicyclic) bond motifs is 3. The Labute approximate surface area is 340 Å². The quantitative estimate of drug-likeness (QED) is 0.270. The lowest BCUT2D eigenvalue weighted by atomic mass is 9.85. The number of halogens is 4. The molecule has 2 aliphatic carbocycles. The number of benzene rings is 1. The number of ether oxygens (including phenoxy) is 3. The molecule has 2 aliphatic heterocycles. The highest BCUT2D eigenvalue weighted by molar-refractivity contribution is 7.91. The van der Waals surface area contributed by atoms with Gasteiger partial charge in [0.1, 0.15) is 29.5 Å². The van der Waals surface area contributed by atoms with Crippen molar-refractivity contribution in [3.8, 4) is 11.6 Å². The van der Waals surface area contributed by atoms with Crippen molar-refractivity contribution in [3.05, 3.63) is 41.6 Å². The number of pyridine rings is 1. The van der Waals surface area contributed by atoms with E-state index in [0.717, 1.165) is 0 Å². The summed E-state index contributed by atoms with van der Waals surface area (Å²) >= 11 is 6.33. The molecule has 19 heteroatoms. The number of aromatic nitrogens is 1. The molecule has 3 heterocycles. The lowest BCUT2D eigenvalue weighted by molar-refractivity contribution is -0.244. The Balaban J connectivity index is 1.38. The molecule has 0 radical (unpaired) electrons. The second kappa shape index (κ2) is 16.4. The number of carbonyl (C=O) groups is 4. The van der Waals surface area contributed by atoms with Gasteiger partial charge < -0.3 is 29.7 Å². The zero-order chi connectivity index (χ0) is 42.4. The molecule has 0 bridgehead atoms. The normalized spacial score (nSPS) is 28.3. The van der Waals surface area contributed by atoms with Crippen molar-refractivity contribution in [2.24, 2.45) is 17.8 Å². The summed E-state index contributed by atoms with van der Waals surface area (Å²) in [6, 6.07) is 2.22. The van der Waals surface area contributed by atoms with Crippen molar-refractivity contribution >= 4 is 56.2 Å². The zero-order valence-corrected chi connectivity index (χ0v) is 34.4. The van der Waals surface area contributed by atoms with Gasteiger partial charge in [-0.1, -0.05) is 44.0 Å². The molecule has 2 saturated carbocycles. The molecule has 0 spiro atoms. The third kappa shape index (κ3) is 9.11. The number of hydrogen-bond acceptors (Lipinski definition) is 10. The van der Waals surface area contributed by atoms with Crippen LogP contribution in [0.25, 0.3) is 10.8 Å². The maximum absolute atomic E-state index is 14.9. The van der Waals surface area contributed by atoms with Crippen molar-refractivity contribution < 1.29 is 55.0 Å². The lowest BCUT2D eigenvalue weighted by Crippen LogP contribution is -2.59. The molecule has 6 rings (SSSR count). The average molecular weight is 856 g/mol. The first-order valence-electron chi connectivity index (χ1n) is 19.4. The molecule has 3 fully saturated rings. The number of nitrogens with zero attached hydrogens (tertiary/aromatic N) is 2. The fourth-order valence-electron chi connectivity index (χ4n) is 7.74. The van der Waals surface area contributed by atoms with Gasteiger partial charge in [-0.2, -0.15) is 13.2 Å². The van der Waals surface area contributed by atoms with Gasteiger partial charge in [-0.05, 0) is 82.4 Å². The van der Waals surface area contributed by atoms with Crippen LogP contribution >= 0.6 is 11.6 Å². The summed E-state index contributed by atoms with van der Waals surface area (Å²) in [5.41, 5.74) is -4.54. The Hall–Kier alpha value is -4.32. The number of hydrogen-bond donors (Lipinski definition) is 3. The van der Waals surface area contributed by atoms with Gasteiger partial charge in [-0.25, -0.2) is 18.2 Å². The Morgan fingerprint density at radius 3 is 2.50 bits per heavy atom. The van der Waals surface area contributed by atoms with E-state index in [1.807, 2.05) is 13.0 Å². The number of allylic oxidation sites excluding steroid dienone is 1. The van der Waals surface area contributed by atoms with Gasteiger partial charge in [0, 0.05) is 28.1 Å². The van der Waals surface area contributed by atoms with Gasteiger partial charge in [0.05, 0.1) is 25.1 Å². The zero-order valence-electron chi connectivity index (χ0n) is 32.9. The average Bonchev–Trinajstić information content (AvgIpc) is 4.07. The van der Waals surface area contributed by atoms with Crippen molar-refractivity contribution in [3.63, 3.8) is 0 Å². The van der Waals surface area contributed by atoms with Crippen LogP contribution in [0.5, 0.6) is 11.6 Å². The molecule has 1 saturated heterocycles. The number of rotatable bonds is 9. The highest BCUT2D eigenvalue weighted by Gasteiger charge is 2.62.